The first kappa shape index (κ1) is 19.2. The molecule has 6 nitrogen and oxygen atoms in total. The first-order valence-corrected chi connectivity index (χ1v) is 9.21. The number of piperazine rings is 1. The summed E-state index contributed by atoms with van der Waals surface area (Å²) in [6.07, 6.45) is 4.77. The van der Waals surface area contributed by atoms with Gasteiger partial charge in [-0.05, 0) is 30.3 Å². The van der Waals surface area contributed by atoms with Crippen molar-refractivity contribution in [2.24, 2.45) is 0 Å². The van der Waals surface area contributed by atoms with Gasteiger partial charge in [-0.15, -0.1) is 0 Å². The van der Waals surface area contributed by atoms with E-state index in [1.54, 1.807) is 41.5 Å². The molecule has 1 N–H and O–H groups in total. The molecule has 1 aliphatic heterocycles. The van der Waals surface area contributed by atoms with E-state index in [1.807, 2.05) is 19.2 Å². The SMILES string of the molecule is C[N+]1(CC(=O)Nc2ccccc2Cl)CCN(C(=O)/C=C/c2ccco2)CC1. The fraction of sp³-hybridized carbons (Fsp3) is 0.300. The third-order valence-corrected chi connectivity index (χ3v) is 5.07. The van der Waals surface area contributed by atoms with Gasteiger partial charge in [0, 0.05) is 6.08 Å². The van der Waals surface area contributed by atoms with Crippen molar-refractivity contribution in [3.05, 3.63) is 59.5 Å². The number of carbonyl (C=O) groups is 2. The topological polar surface area (TPSA) is 62.6 Å². The van der Waals surface area contributed by atoms with Crippen molar-refractivity contribution in [3.8, 4) is 0 Å². The van der Waals surface area contributed by atoms with Gasteiger partial charge in [-0.25, -0.2) is 0 Å². The first-order chi connectivity index (χ1) is 13.0. The largest absolute Gasteiger partial charge is 0.465 e. The Morgan fingerprint density at radius 1 is 1.22 bits per heavy atom. The minimum atomic E-state index is -0.0805. The Labute approximate surface area is 163 Å². The van der Waals surface area contributed by atoms with Crippen LogP contribution in [-0.2, 0) is 9.59 Å². The zero-order valence-electron chi connectivity index (χ0n) is 15.2. The van der Waals surface area contributed by atoms with E-state index in [0.29, 0.717) is 40.6 Å². The highest BCUT2D eigenvalue weighted by molar-refractivity contribution is 6.33. The Morgan fingerprint density at radius 3 is 2.63 bits per heavy atom. The summed E-state index contributed by atoms with van der Waals surface area (Å²) in [4.78, 5) is 26.5. The number of rotatable bonds is 5. The van der Waals surface area contributed by atoms with Gasteiger partial charge in [0.2, 0.25) is 5.91 Å². The lowest BCUT2D eigenvalue weighted by molar-refractivity contribution is -0.905. The van der Waals surface area contributed by atoms with Crippen molar-refractivity contribution in [1.82, 2.24) is 4.90 Å². The van der Waals surface area contributed by atoms with Crippen LogP contribution in [0.1, 0.15) is 5.76 Å². The molecule has 1 aliphatic rings. The number of quaternary nitrogens is 1. The third kappa shape index (κ3) is 5.21. The van der Waals surface area contributed by atoms with Gasteiger partial charge in [0.1, 0.15) is 5.76 Å². The van der Waals surface area contributed by atoms with E-state index >= 15 is 0 Å². The van der Waals surface area contributed by atoms with Crippen LogP contribution in [-0.4, -0.2) is 61.0 Å². The molecule has 0 saturated carbocycles. The molecule has 0 atom stereocenters. The number of halogens is 1. The van der Waals surface area contributed by atoms with Crippen LogP contribution in [0, 0.1) is 0 Å². The van der Waals surface area contributed by atoms with Gasteiger partial charge in [-0.3, -0.25) is 9.59 Å². The lowest BCUT2D eigenvalue weighted by Crippen LogP contribution is -2.60. The van der Waals surface area contributed by atoms with Gasteiger partial charge >= 0.3 is 0 Å². The maximum Gasteiger partial charge on any atom is 0.279 e. The fourth-order valence-electron chi connectivity index (χ4n) is 3.07. The van der Waals surface area contributed by atoms with Gasteiger partial charge in [-0.1, -0.05) is 23.7 Å². The molecule has 142 valence electrons. The van der Waals surface area contributed by atoms with Gasteiger partial charge in [0.15, 0.2) is 6.54 Å². The molecule has 3 rings (SSSR count). The number of nitrogens with one attached hydrogen (secondary N) is 1. The lowest BCUT2D eigenvalue weighted by atomic mass is 10.2. The molecule has 1 aromatic carbocycles. The summed E-state index contributed by atoms with van der Waals surface area (Å²) in [5.41, 5.74) is 0.618. The quantitative estimate of drug-likeness (QED) is 0.632. The molecule has 2 amide bonds. The minimum absolute atomic E-state index is 0.0434. The number of benzene rings is 1. The molecule has 0 aliphatic carbocycles. The molecule has 0 spiro atoms. The molecule has 1 fully saturated rings. The number of nitrogens with zero attached hydrogens (tertiary/aromatic N) is 2. The maximum absolute atomic E-state index is 12.4. The number of amides is 2. The van der Waals surface area contributed by atoms with Crippen LogP contribution in [0.5, 0.6) is 0 Å². The molecular weight excluding hydrogens is 366 g/mol. The highest BCUT2D eigenvalue weighted by Gasteiger charge is 2.32. The molecule has 1 saturated heterocycles. The summed E-state index contributed by atoms with van der Waals surface area (Å²) in [5.74, 6) is 0.526. The predicted octanol–water partition coefficient (Wildman–Crippen LogP) is 2.87. The van der Waals surface area contributed by atoms with Crippen LogP contribution in [0.2, 0.25) is 5.02 Å². The Hall–Kier alpha value is -2.57. The van der Waals surface area contributed by atoms with E-state index in [1.165, 1.54) is 6.08 Å². The average Bonchev–Trinajstić information content (AvgIpc) is 3.15. The highest BCUT2D eigenvalue weighted by Crippen LogP contribution is 2.21. The molecule has 0 bridgehead atoms. The first-order valence-electron chi connectivity index (χ1n) is 8.84. The molecule has 2 heterocycles. The summed E-state index contributed by atoms with van der Waals surface area (Å²) in [7, 11) is 2.03. The second-order valence-corrected chi connectivity index (χ2v) is 7.33. The summed E-state index contributed by atoms with van der Waals surface area (Å²) >= 11 is 6.09. The van der Waals surface area contributed by atoms with Crippen LogP contribution in [0.15, 0.2) is 53.2 Å². The standard InChI is InChI=1S/C20H22ClN3O3/c1-24(15-19(25)22-18-7-3-2-6-17(18)21)12-10-23(11-13-24)20(26)9-8-16-5-4-14-27-16/h2-9,14H,10-13,15H2,1H3/p+1/b9-8+. The highest BCUT2D eigenvalue weighted by atomic mass is 35.5. The molecule has 27 heavy (non-hydrogen) atoms. The molecule has 1 aromatic heterocycles. The van der Waals surface area contributed by atoms with Crippen molar-refractivity contribution < 1.29 is 18.5 Å². The molecular formula is C20H23ClN3O3+. The summed E-state index contributed by atoms with van der Waals surface area (Å²) < 4.78 is 5.78. The van der Waals surface area contributed by atoms with Crippen molar-refractivity contribution in [1.29, 1.82) is 0 Å². The number of anilines is 1. The van der Waals surface area contributed by atoms with Gasteiger partial charge in [0.05, 0.1) is 50.2 Å². The summed E-state index contributed by atoms with van der Waals surface area (Å²) in [5, 5.41) is 3.38. The van der Waals surface area contributed by atoms with Crippen LogP contribution in [0.25, 0.3) is 6.08 Å². The zero-order valence-corrected chi connectivity index (χ0v) is 16.0. The van der Waals surface area contributed by atoms with E-state index in [-0.39, 0.29) is 11.8 Å². The summed E-state index contributed by atoms with van der Waals surface area (Å²) in [6, 6.07) is 10.8. The van der Waals surface area contributed by atoms with Crippen molar-refractivity contribution in [2.75, 3.05) is 45.1 Å². The third-order valence-electron chi connectivity index (χ3n) is 4.74. The second kappa shape index (κ2) is 8.41. The van der Waals surface area contributed by atoms with Gasteiger partial charge in [-0.2, -0.15) is 0 Å². The zero-order chi connectivity index (χ0) is 19.3. The van der Waals surface area contributed by atoms with Crippen LogP contribution >= 0.6 is 11.6 Å². The Balaban J connectivity index is 1.50. The molecule has 2 aromatic rings. The second-order valence-electron chi connectivity index (χ2n) is 6.93. The van der Waals surface area contributed by atoms with Crippen molar-refractivity contribution in [2.45, 2.75) is 0 Å². The van der Waals surface area contributed by atoms with Crippen LogP contribution in [0.3, 0.4) is 0 Å². The van der Waals surface area contributed by atoms with E-state index in [0.717, 1.165) is 13.1 Å². The van der Waals surface area contributed by atoms with Crippen molar-refractivity contribution >= 4 is 35.2 Å². The molecule has 0 unspecified atom stereocenters. The fourth-order valence-corrected chi connectivity index (χ4v) is 3.25. The van der Waals surface area contributed by atoms with Crippen LogP contribution < -0.4 is 5.32 Å². The number of furan rings is 1. The van der Waals surface area contributed by atoms with E-state index < -0.39 is 0 Å². The molecule has 7 heteroatoms. The Morgan fingerprint density at radius 2 is 1.96 bits per heavy atom. The van der Waals surface area contributed by atoms with Gasteiger partial charge < -0.3 is 19.1 Å². The molecule has 0 radical (unpaired) electrons. The van der Waals surface area contributed by atoms with Gasteiger partial charge in [0.25, 0.3) is 5.91 Å². The van der Waals surface area contributed by atoms with E-state index in [2.05, 4.69) is 5.32 Å². The van der Waals surface area contributed by atoms with Crippen LogP contribution in [0.4, 0.5) is 5.69 Å². The normalized spacial score (nSPS) is 16.4. The van der Waals surface area contributed by atoms with Crippen molar-refractivity contribution in [3.63, 3.8) is 0 Å². The average molecular weight is 389 g/mol. The Kier molecular flexibility index (Phi) is 5.98. The number of likely N-dealkylation sites (N-methyl/N-ethyl adjacent to an activating group) is 1. The Bertz CT molecular complexity index is 825. The number of carbonyl (C=O) groups excluding carboxylic acids is 2. The lowest BCUT2D eigenvalue weighted by Gasteiger charge is -2.41. The predicted molar refractivity (Wildman–Crippen MR) is 105 cm³/mol. The smallest absolute Gasteiger partial charge is 0.279 e. The van der Waals surface area contributed by atoms with E-state index in [4.69, 9.17) is 16.0 Å². The monoisotopic (exact) mass is 388 g/mol. The van der Waals surface area contributed by atoms with E-state index in [9.17, 15) is 9.59 Å². The minimum Gasteiger partial charge on any atom is -0.465 e. The maximum atomic E-state index is 12.4. The number of hydrogen-bond acceptors (Lipinski definition) is 3. The number of hydrogen-bond donors (Lipinski definition) is 1. The summed E-state index contributed by atoms with van der Waals surface area (Å²) in [6.45, 7) is 3.00. The number of para-hydroxylation sites is 1.